The van der Waals surface area contributed by atoms with Gasteiger partial charge in [-0.25, -0.2) is 24.9 Å². The van der Waals surface area contributed by atoms with E-state index in [1.807, 2.05) is 61.3 Å². The van der Waals surface area contributed by atoms with Gasteiger partial charge in [-0.1, -0.05) is 81.9 Å². The molecule has 0 saturated carbocycles. The lowest BCUT2D eigenvalue weighted by atomic mass is 9.92. The second kappa shape index (κ2) is 21.8. The number of phenols is 1. The second-order valence-corrected chi connectivity index (χ2v) is 16.6. The Morgan fingerprint density at radius 1 is 0.831 bits per heavy atom. The van der Waals surface area contributed by atoms with Crippen LogP contribution in [0.15, 0.2) is 128 Å². The van der Waals surface area contributed by atoms with Crippen molar-refractivity contribution in [2.75, 3.05) is 13.1 Å². The third kappa shape index (κ3) is 12.8. The van der Waals surface area contributed by atoms with Crippen LogP contribution in [-0.4, -0.2) is 58.8 Å². The van der Waals surface area contributed by atoms with E-state index in [9.17, 15) is 23.1 Å². The predicted molar refractivity (Wildman–Crippen MR) is 249 cm³/mol. The van der Waals surface area contributed by atoms with Gasteiger partial charge in [0.2, 0.25) is 0 Å². The fourth-order valence-corrected chi connectivity index (χ4v) is 8.06. The monoisotopic (exact) mass is 879 g/mol. The molecule has 3 aromatic heterocycles. The number of Topliss-reactive ketones (excluding diaryl/α,β-unsaturated/α-hetero) is 1. The first kappa shape index (κ1) is 47.8. The third-order valence-electron chi connectivity index (χ3n) is 11.7. The van der Waals surface area contributed by atoms with Crippen molar-refractivity contribution in [1.82, 2.24) is 34.8 Å². The second-order valence-electron chi connectivity index (χ2n) is 16.6. The zero-order chi connectivity index (χ0) is 45.2. The standard InChI is InChI=1S/C31H30F3N5O.C21H22N2O.CH4/c1-20-8-10-39(17-20)18-24-6-5-23(13-27(24)31(32,33)34)29(40)12-22-4-3-21(2)25(11-22)14-30-37-9-7-28(38-30)26-15-35-19-36-16-26;1-3-16(17-7-5-4-6-8-17)12-19-13-22-14-20(23-19)18-9-10-21(24)15(2)11-18;/h3-7,9,11,13,15-16,19-20H,8,10,12,14,17-18H2,1-2H3;4-11,13-14,16,24H,3,12H2,1-2H3;1H4/t20-;;/m1../s1. The first-order chi connectivity index (χ1) is 30.8. The van der Waals surface area contributed by atoms with Crippen LogP contribution in [0, 0.1) is 19.8 Å². The highest BCUT2D eigenvalue weighted by molar-refractivity contribution is 5.97. The number of aromatic hydroxyl groups is 1. The number of nitrogens with zero attached hydrogens (tertiary/aromatic N) is 7. The van der Waals surface area contributed by atoms with Gasteiger partial charge in [0.1, 0.15) is 17.9 Å². The van der Waals surface area contributed by atoms with Crippen LogP contribution < -0.4 is 0 Å². The number of phenolic OH excluding ortho intramolecular Hbond substituents is 1. The smallest absolute Gasteiger partial charge is 0.416 e. The molecule has 1 fully saturated rings. The zero-order valence-electron chi connectivity index (χ0n) is 36.6. The molecule has 0 amide bonds. The van der Waals surface area contributed by atoms with Crippen molar-refractivity contribution < 1.29 is 23.1 Å². The molecule has 7 aromatic rings. The van der Waals surface area contributed by atoms with E-state index in [0.29, 0.717) is 35.5 Å². The summed E-state index contributed by atoms with van der Waals surface area (Å²) in [6.07, 6.45) is 8.94. The van der Waals surface area contributed by atoms with E-state index in [-0.39, 0.29) is 37.3 Å². The number of aromatic nitrogens is 6. The molecule has 1 N–H and O–H groups in total. The highest BCUT2D eigenvalue weighted by Gasteiger charge is 2.35. The number of hydrogen-bond acceptors (Lipinski definition) is 9. The lowest BCUT2D eigenvalue weighted by Gasteiger charge is -2.20. The van der Waals surface area contributed by atoms with Crippen molar-refractivity contribution in [1.29, 1.82) is 0 Å². The van der Waals surface area contributed by atoms with Gasteiger partial charge in [0.05, 0.1) is 28.8 Å². The van der Waals surface area contributed by atoms with Gasteiger partial charge in [-0.2, -0.15) is 13.2 Å². The third-order valence-corrected chi connectivity index (χ3v) is 11.7. The number of carbonyl (C=O) groups excluding carboxylic acids is 1. The molecule has 9 nitrogen and oxygen atoms in total. The fraction of sp³-hybridized carbons (Fsp3) is 0.302. The van der Waals surface area contributed by atoms with E-state index >= 15 is 0 Å². The van der Waals surface area contributed by atoms with Gasteiger partial charge in [0.25, 0.3) is 0 Å². The molecule has 1 aliphatic heterocycles. The first-order valence-corrected chi connectivity index (χ1v) is 21.6. The minimum absolute atomic E-state index is 0. The lowest BCUT2D eigenvalue weighted by Crippen LogP contribution is -2.22. The van der Waals surface area contributed by atoms with Gasteiger partial charge >= 0.3 is 6.18 Å². The van der Waals surface area contributed by atoms with Crippen LogP contribution in [-0.2, 0) is 32.0 Å². The van der Waals surface area contributed by atoms with Crippen LogP contribution in [0.4, 0.5) is 13.2 Å². The number of ketones is 1. The molecule has 1 saturated heterocycles. The topological polar surface area (TPSA) is 118 Å². The van der Waals surface area contributed by atoms with Gasteiger partial charge in [0.15, 0.2) is 5.78 Å². The molecule has 4 aromatic carbocycles. The summed E-state index contributed by atoms with van der Waals surface area (Å²) < 4.78 is 41.9. The average molecular weight is 880 g/mol. The Balaban J connectivity index is 0.000000239. The number of aryl methyl sites for hydroxylation is 2. The Labute approximate surface area is 380 Å². The summed E-state index contributed by atoms with van der Waals surface area (Å²) >= 11 is 0. The first-order valence-electron chi connectivity index (χ1n) is 21.6. The summed E-state index contributed by atoms with van der Waals surface area (Å²) in [5.41, 5.74) is 8.70. The maximum absolute atomic E-state index is 14.0. The summed E-state index contributed by atoms with van der Waals surface area (Å²) in [6.45, 7) is 9.96. The summed E-state index contributed by atoms with van der Waals surface area (Å²) in [4.78, 5) is 41.4. The molecule has 0 bridgehead atoms. The maximum atomic E-state index is 14.0. The van der Waals surface area contributed by atoms with Crippen molar-refractivity contribution in [2.24, 2.45) is 5.92 Å². The molecule has 1 unspecified atom stereocenters. The normalized spacial score (nSPS) is 14.2. The van der Waals surface area contributed by atoms with Gasteiger partial charge in [-0.05, 0) is 115 Å². The van der Waals surface area contributed by atoms with Crippen LogP contribution in [0.2, 0.25) is 0 Å². The minimum Gasteiger partial charge on any atom is -0.508 e. The summed E-state index contributed by atoms with van der Waals surface area (Å²) in [5, 5.41) is 9.69. The number of benzene rings is 4. The average Bonchev–Trinajstić information content (AvgIpc) is 3.72. The molecule has 0 radical (unpaired) electrons. The lowest BCUT2D eigenvalue weighted by molar-refractivity contribution is -0.138. The molecular formula is C53H56F3N7O2. The quantitative estimate of drug-likeness (QED) is 0.113. The van der Waals surface area contributed by atoms with Gasteiger partial charge in [0, 0.05) is 67.4 Å². The van der Waals surface area contributed by atoms with Crippen LogP contribution in [0.1, 0.15) is 101 Å². The number of carbonyl (C=O) groups is 1. The van der Waals surface area contributed by atoms with Crippen molar-refractivity contribution in [2.45, 2.75) is 85.9 Å². The number of alkyl halides is 3. The molecular weight excluding hydrogens is 824 g/mol. The van der Waals surface area contributed by atoms with Crippen molar-refractivity contribution in [3.63, 3.8) is 0 Å². The van der Waals surface area contributed by atoms with E-state index in [0.717, 1.165) is 83.2 Å². The van der Waals surface area contributed by atoms with E-state index in [2.05, 4.69) is 63.0 Å². The minimum atomic E-state index is -4.53. The van der Waals surface area contributed by atoms with Crippen molar-refractivity contribution >= 4 is 5.78 Å². The molecule has 1 aliphatic rings. The summed E-state index contributed by atoms with van der Waals surface area (Å²) in [5.74, 6) is 1.47. The van der Waals surface area contributed by atoms with E-state index in [4.69, 9.17) is 4.98 Å². The summed E-state index contributed by atoms with van der Waals surface area (Å²) in [6, 6.07) is 27.5. The number of hydrogen-bond donors (Lipinski definition) is 1. The summed E-state index contributed by atoms with van der Waals surface area (Å²) in [7, 11) is 0. The number of halogens is 3. The van der Waals surface area contributed by atoms with Crippen molar-refractivity contribution in [3.05, 3.63) is 184 Å². The molecule has 65 heavy (non-hydrogen) atoms. The zero-order valence-corrected chi connectivity index (χ0v) is 36.6. The SMILES string of the molecule is C.CCC(Cc1cncc(-c2ccc(O)c(C)c2)n1)c1ccccc1.Cc1ccc(CC(=O)c2ccc(CN3CC[C@@H](C)C3)c(C(F)(F)F)c2)cc1Cc1nccc(-c2cncnc2)n1. The Kier molecular flexibility index (Phi) is 16.0. The molecule has 12 heteroatoms. The van der Waals surface area contributed by atoms with Crippen LogP contribution >= 0.6 is 0 Å². The highest BCUT2D eigenvalue weighted by atomic mass is 19.4. The van der Waals surface area contributed by atoms with Crippen molar-refractivity contribution in [3.8, 4) is 28.3 Å². The molecule has 8 rings (SSSR count). The molecule has 336 valence electrons. The molecule has 0 spiro atoms. The van der Waals surface area contributed by atoms with E-state index in [1.165, 1.54) is 24.0 Å². The Hall–Kier alpha value is -6.66. The van der Waals surface area contributed by atoms with Gasteiger partial charge in [-0.15, -0.1) is 0 Å². The van der Waals surface area contributed by atoms with Crippen LogP contribution in [0.25, 0.3) is 22.5 Å². The molecule has 4 heterocycles. The Morgan fingerprint density at radius 3 is 2.32 bits per heavy atom. The van der Waals surface area contributed by atoms with Crippen LogP contribution in [0.3, 0.4) is 0 Å². The molecule has 0 aliphatic carbocycles. The predicted octanol–water partition coefficient (Wildman–Crippen LogP) is 11.6. The highest BCUT2D eigenvalue weighted by Crippen LogP contribution is 2.35. The Bertz CT molecular complexity index is 2680. The number of rotatable bonds is 13. The van der Waals surface area contributed by atoms with Gasteiger partial charge in [-0.3, -0.25) is 14.7 Å². The van der Waals surface area contributed by atoms with Crippen LogP contribution in [0.5, 0.6) is 5.75 Å². The maximum Gasteiger partial charge on any atom is 0.416 e. The van der Waals surface area contributed by atoms with E-state index < -0.39 is 11.7 Å². The largest absolute Gasteiger partial charge is 0.508 e. The molecule has 2 atom stereocenters. The Morgan fingerprint density at radius 2 is 1.62 bits per heavy atom. The fourth-order valence-electron chi connectivity index (χ4n) is 8.06. The van der Waals surface area contributed by atoms with Gasteiger partial charge < -0.3 is 5.11 Å². The number of likely N-dealkylation sites (tertiary alicyclic amines) is 1. The van der Waals surface area contributed by atoms with E-state index in [1.54, 1.807) is 36.9 Å².